The topological polar surface area (TPSA) is 73.8 Å². The number of rotatable bonds is 4. The van der Waals surface area contributed by atoms with Gasteiger partial charge in [0.2, 0.25) is 11.8 Å². The summed E-state index contributed by atoms with van der Waals surface area (Å²) in [6.07, 6.45) is 3.57. The second kappa shape index (κ2) is 7.39. The van der Waals surface area contributed by atoms with E-state index in [2.05, 4.69) is 15.0 Å². The quantitative estimate of drug-likeness (QED) is 0.414. The minimum absolute atomic E-state index is 0.0128. The van der Waals surface area contributed by atoms with Crippen molar-refractivity contribution in [3.8, 4) is 28.7 Å². The second-order valence-corrected chi connectivity index (χ2v) is 7.84. The molecular weight excluding hydrogens is 426 g/mol. The standard InChI is InChI=1S/C22H15ClF2N4O2/c1-11-8-17(26-18(25)9-11)21-28-20(19(31-21)13-4-5-14(23)15(24)10-13)29-7-6-16(12-2-3-12)27-22(29)30/h4-10,12H,2-3H2,1H3. The van der Waals surface area contributed by atoms with Crippen molar-refractivity contribution in [3.05, 3.63) is 81.1 Å². The molecule has 1 aromatic carbocycles. The zero-order chi connectivity index (χ0) is 21.7. The van der Waals surface area contributed by atoms with Crippen LogP contribution in [0.2, 0.25) is 5.02 Å². The molecule has 1 aliphatic carbocycles. The Morgan fingerprint density at radius 1 is 1.10 bits per heavy atom. The lowest BCUT2D eigenvalue weighted by Gasteiger charge is -2.05. The number of halogens is 3. The monoisotopic (exact) mass is 440 g/mol. The zero-order valence-corrected chi connectivity index (χ0v) is 17.0. The summed E-state index contributed by atoms with van der Waals surface area (Å²) in [6.45, 7) is 1.71. The molecule has 0 spiro atoms. The number of pyridine rings is 1. The maximum atomic E-state index is 14.1. The molecule has 1 fully saturated rings. The molecule has 3 aromatic heterocycles. The fourth-order valence-electron chi connectivity index (χ4n) is 3.33. The highest BCUT2D eigenvalue weighted by molar-refractivity contribution is 6.30. The molecule has 0 amide bonds. The van der Waals surface area contributed by atoms with E-state index in [9.17, 15) is 13.6 Å². The van der Waals surface area contributed by atoms with Crippen molar-refractivity contribution in [2.24, 2.45) is 0 Å². The lowest BCUT2D eigenvalue weighted by atomic mass is 10.1. The number of aromatic nitrogens is 4. The molecule has 0 aliphatic heterocycles. The number of aryl methyl sites for hydroxylation is 1. The van der Waals surface area contributed by atoms with Gasteiger partial charge >= 0.3 is 5.69 Å². The summed E-state index contributed by atoms with van der Waals surface area (Å²) in [5.74, 6) is -0.850. The molecule has 0 N–H and O–H groups in total. The largest absolute Gasteiger partial charge is 0.432 e. The summed E-state index contributed by atoms with van der Waals surface area (Å²) in [4.78, 5) is 25.1. The van der Waals surface area contributed by atoms with Gasteiger partial charge in [-0.15, -0.1) is 0 Å². The van der Waals surface area contributed by atoms with E-state index < -0.39 is 17.5 Å². The van der Waals surface area contributed by atoms with Crippen LogP contribution in [0.4, 0.5) is 8.78 Å². The zero-order valence-electron chi connectivity index (χ0n) is 16.3. The Balaban J connectivity index is 1.71. The van der Waals surface area contributed by atoms with Crippen molar-refractivity contribution >= 4 is 11.6 Å². The third-order valence-electron chi connectivity index (χ3n) is 5.00. The van der Waals surface area contributed by atoms with Crippen molar-refractivity contribution in [2.75, 3.05) is 0 Å². The highest BCUT2D eigenvalue weighted by Crippen LogP contribution is 2.38. The van der Waals surface area contributed by atoms with Gasteiger partial charge in [0, 0.05) is 17.7 Å². The van der Waals surface area contributed by atoms with Crippen molar-refractivity contribution < 1.29 is 13.2 Å². The summed E-state index contributed by atoms with van der Waals surface area (Å²) < 4.78 is 35.0. The molecule has 156 valence electrons. The van der Waals surface area contributed by atoms with E-state index in [-0.39, 0.29) is 28.2 Å². The molecule has 0 saturated heterocycles. The molecule has 3 heterocycles. The fourth-order valence-corrected chi connectivity index (χ4v) is 3.45. The minimum Gasteiger partial charge on any atom is -0.432 e. The van der Waals surface area contributed by atoms with Gasteiger partial charge in [-0.1, -0.05) is 11.6 Å². The molecule has 5 rings (SSSR count). The maximum Gasteiger partial charge on any atom is 0.353 e. The number of hydrogen-bond donors (Lipinski definition) is 0. The van der Waals surface area contributed by atoms with Crippen LogP contribution in [0.5, 0.6) is 0 Å². The highest BCUT2D eigenvalue weighted by atomic mass is 35.5. The minimum atomic E-state index is -0.693. The van der Waals surface area contributed by atoms with Crippen molar-refractivity contribution in [2.45, 2.75) is 25.7 Å². The first-order valence-electron chi connectivity index (χ1n) is 9.60. The van der Waals surface area contributed by atoms with Crippen molar-refractivity contribution in [1.82, 2.24) is 19.5 Å². The van der Waals surface area contributed by atoms with E-state index in [1.807, 2.05) is 0 Å². The normalized spacial score (nSPS) is 13.5. The van der Waals surface area contributed by atoms with E-state index in [4.69, 9.17) is 16.0 Å². The molecule has 31 heavy (non-hydrogen) atoms. The second-order valence-electron chi connectivity index (χ2n) is 7.43. The lowest BCUT2D eigenvalue weighted by Crippen LogP contribution is -2.22. The van der Waals surface area contributed by atoms with Crippen LogP contribution in [0.15, 0.2) is 51.8 Å². The molecule has 1 aliphatic rings. The SMILES string of the molecule is Cc1cc(F)nc(-c2nc(-n3ccc(C4CC4)nc3=O)c(-c3ccc(Cl)c(F)c3)o2)c1. The Morgan fingerprint density at radius 3 is 2.58 bits per heavy atom. The van der Waals surface area contributed by atoms with Gasteiger partial charge in [-0.25, -0.2) is 18.7 Å². The van der Waals surface area contributed by atoms with Gasteiger partial charge in [-0.05, 0) is 61.7 Å². The van der Waals surface area contributed by atoms with Crippen LogP contribution in [0.25, 0.3) is 28.7 Å². The van der Waals surface area contributed by atoms with Crippen molar-refractivity contribution in [1.29, 1.82) is 0 Å². The molecule has 9 heteroatoms. The average molecular weight is 441 g/mol. The Labute approximate surface area is 180 Å². The van der Waals surface area contributed by atoms with Gasteiger partial charge in [0.1, 0.15) is 11.5 Å². The summed E-state index contributed by atoms with van der Waals surface area (Å²) in [6, 6.07) is 8.72. The Kier molecular flexibility index (Phi) is 4.66. The van der Waals surface area contributed by atoms with Crippen LogP contribution in [-0.2, 0) is 0 Å². The molecule has 0 atom stereocenters. The number of oxazole rings is 1. The number of nitrogens with zero attached hydrogens (tertiary/aromatic N) is 4. The van der Waals surface area contributed by atoms with Crippen LogP contribution in [0.3, 0.4) is 0 Å². The lowest BCUT2D eigenvalue weighted by molar-refractivity contribution is 0.564. The van der Waals surface area contributed by atoms with E-state index in [0.29, 0.717) is 17.0 Å². The Bertz CT molecular complexity index is 1360. The van der Waals surface area contributed by atoms with Crippen LogP contribution in [0, 0.1) is 18.7 Å². The fraction of sp³-hybridized carbons (Fsp3) is 0.182. The molecule has 0 radical (unpaired) electrons. The number of hydrogen-bond acceptors (Lipinski definition) is 5. The maximum absolute atomic E-state index is 14.1. The van der Waals surface area contributed by atoms with E-state index in [1.165, 1.54) is 22.8 Å². The van der Waals surface area contributed by atoms with Crippen LogP contribution in [0.1, 0.15) is 30.0 Å². The average Bonchev–Trinajstić information content (AvgIpc) is 3.48. The summed E-state index contributed by atoms with van der Waals surface area (Å²) in [7, 11) is 0. The number of benzene rings is 1. The summed E-state index contributed by atoms with van der Waals surface area (Å²) in [5.41, 5.74) is 1.26. The first-order chi connectivity index (χ1) is 14.9. The predicted octanol–water partition coefficient (Wildman–Crippen LogP) is 5.07. The van der Waals surface area contributed by atoms with Gasteiger partial charge in [-0.2, -0.15) is 14.4 Å². The molecule has 4 aromatic rings. The molecule has 1 saturated carbocycles. The predicted molar refractivity (Wildman–Crippen MR) is 110 cm³/mol. The third-order valence-corrected chi connectivity index (χ3v) is 5.30. The first kappa shape index (κ1) is 19.6. The van der Waals surface area contributed by atoms with E-state index >= 15 is 0 Å². The van der Waals surface area contributed by atoms with Crippen LogP contribution >= 0.6 is 11.6 Å². The molecule has 0 unspecified atom stereocenters. The highest BCUT2D eigenvalue weighted by Gasteiger charge is 2.27. The Hall–Kier alpha value is -3.39. The molecule has 6 nitrogen and oxygen atoms in total. The van der Waals surface area contributed by atoms with Gasteiger partial charge in [0.25, 0.3) is 0 Å². The van der Waals surface area contributed by atoms with E-state index in [0.717, 1.165) is 18.5 Å². The molecular formula is C22H15ClF2N4O2. The summed E-state index contributed by atoms with van der Waals surface area (Å²) in [5, 5.41) is -0.0555. The van der Waals surface area contributed by atoms with Gasteiger partial charge in [0.05, 0.1) is 10.7 Å². The molecule has 0 bridgehead atoms. The third kappa shape index (κ3) is 3.74. The van der Waals surface area contributed by atoms with Gasteiger partial charge in [-0.3, -0.25) is 0 Å². The van der Waals surface area contributed by atoms with Crippen molar-refractivity contribution in [3.63, 3.8) is 0 Å². The van der Waals surface area contributed by atoms with E-state index in [1.54, 1.807) is 31.3 Å². The van der Waals surface area contributed by atoms with Crippen LogP contribution < -0.4 is 5.69 Å². The van der Waals surface area contributed by atoms with Crippen LogP contribution in [-0.4, -0.2) is 19.5 Å². The van der Waals surface area contributed by atoms with Gasteiger partial charge in [0.15, 0.2) is 11.6 Å². The summed E-state index contributed by atoms with van der Waals surface area (Å²) >= 11 is 5.80. The smallest absolute Gasteiger partial charge is 0.353 e. The first-order valence-corrected chi connectivity index (χ1v) is 9.97. The van der Waals surface area contributed by atoms with Gasteiger partial charge < -0.3 is 4.42 Å². The Morgan fingerprint density at radius 2 is 1.90 bits per heavy atom.